The first-order chi connectivity index (χ1) is 8.69. The Kier molecular flexibility index (Phi) is 3.54. The van der Waals surface area contributed by atoms with Crippen molar-refractivity contribution >= 4 is 5.82 Å². The summed E-state index contributed by atoms with van der Waals surface area (Å²) in [6.07, 6.45) is 1.51. The van der Waals surface area contributed by atoms with Gasteiger partial charge in [0.2, 0.25) is 0 Å². The maximum absolute atomic E-state index is 12.8. The van der Waals surface area contributed by atoms with Crippen molar-refractivity contribution in [3.63, 3.8) is 0 Å². The van der Waals surface area contributed by atoms with Crippen molar-refractivity contribution in [3.05, 3.63) is 59.5 Å². The highest BCUT2D eigenvalue weighted by Crippen LogP contribution is 2.18. The van der Waals surface area contributed by atoms with Crippen molar-refractivity contribution in [1.29, 1.82) is 5.26 Å². The second-order valence-electron chi connectivity index (χ2n) is 3.96. The largest absolute Gasteiger partial charge is 0.364 e. The Balaban J connectivity index is 2.08. The van der Waals surface area contributed by atoms with Gasteiger partial charge < -0.3 is 5.32 Å². The van der Waals surface area contributed by atoms with Crippen molar-refractivity contribution in [2.75, 3.05) is 5.32 Å². The maximum atomic E-state index is 12.8. The number of rotatable bonds is 3. The molecule has 18 heavy (non-hydrogen) atoms. The van der Waals surface area contributed by atoms with E-state index >= 15 is 0 Å². The van der Waals surface area contributed by atoms with E-state index in [9.17, 15) is 4.39 Å². The van der Waals surface area contributed by atoms with Crippen LogP contribution in [0.3, 0.4) is 0 Å². The fraction of sp³-hybridized carbons (Fsp3) is 0.143. The zero-order valence-electron chi connectivity index (χ0n) is 9.89. The van der Waals surface area contributed by atoms with Crippen LogP contribution in [0.4, 0.5) is 10.2 Å². The van der Waals surface area contributed by atoms with E-state index in [-0.39, 0.29) is 11.9 Å². The average Bonchev–Trinajstić information content (AvgIpc) is 2.40. The summed E-state index contributed by atoms with van der Waals surface area (Å²) < 4.78 is 12.8. The number of benzene rings is 1. The standard InChI is InChI=1S/C14H12FN3/c1-10(12-3-5-13(15)6-4-12)18-14-7-2-11(8-16)9-17-14/h2-7,9-10H,1H3,(H,17,18). The van der Waals surface area contributed by atoms with Crippen molar-refractivity contribution in [2.24, 2.45) is 0 Å². The van der Waals surface area contributed by atoms with Gasteiger partial charge in [-0.3, -0.25) is 0 Å². The van der Waals surface area contributed by atoms with Gasteiger partial charge in [-0.2, -0.15) is 5.26 Å². The second kappa shape index (κ2) is 5.28. The molecule has 0 aliphatic heterocycles. The summed E-state index contributed by atoms with van der Waals surface area (Å²) in [5.74, 6) is 0.438. The summed E-state index contributed by atoms with van der Waals surface area (Å²) >= 11 is 0. The highest BCUT2D eigenvalue weighted by Gasteiger charge is 2.05. The summed E-state index contributed by atoms with van der Waals surface area (Å²) in [4.78, 5) is 4.12. The Morgan fingerprint density at radius 3 is 2.50 bits per heavy atom. The summed E-state index contributed by atoms with van der Waals surface area (Å²) in [5, 5.41) is 11.9. The molecule has 0 amide bonds. The topological polar surface area (TPSA) is 48.7 Å². The molecule has 1 aromatic heterocycles. The van der Waals surface area contributed by atoms with E-state index in [1.165, 1.54) is 18.3 Å². The smallest absolute Gasteiger partial charge is 0.126 e. The van der Waals surface area contributed by atoms with Crippen LogP contribution in [0, 0.1) is 17.1 Å². The molecule has 1 heterocycles. The van der Waals surface area contributed by atoms with E-state index in [1.807, 2.05) is 13.0 Å². The number of nitrogens with zero attached hydrogens (tertiary/aromatic N) is 2. The molecule has 1 aromatic carbocycles. The van der Waals surface area contributed by atoms with Crippen LogP contribution >= 0.6 is 0 Å². The number of hydrogen-bond acceptors (Lipinski definition) is 3. The molecule has 0 aliphatic rings. The summed E-state index contributed by atoms with van der Waals surface area (Å²) in [5.41, 5.74) is 1.50. The first-order valence-corrected chi connectivity index (χ1v) is 5.57. The van der Waals surface area contributed by atoms with Crippen molar-refractivity contribution < 1.29 is 4.39 Å². The van der Waals surface area contributed by atoms with Gasteiger partial charge in [-0.1, -0.05) is 12.1 Å². The van der Waals surface area contributed by atoms with Crippen LogP contribution in [0.15, 0.2) is 42.6 Å². The Morgan fingerprint density at radius 1 is 1.22 bits per heavy atom. The van der Waals surface area contributed by atoms with Gasteiger partial charge in [-0.15, -0.1) is 0 Å². The number of aromatic nitrogens is 1. The first-order valence-electron chi connectivity index (χ1n) is 5.57. The molecule has 1 unspecified atom stereocenters. The fourth-order valence-corrected chi connectivity index (χ4v) is 1.60. The number of nitriles is 1. The van der Waals surface area contributed by atoms with Crippen LogP contribution in [-0.4, -0.2) is 4.98 Å². The lowest BCUT2D eigenvalue weighted by Crippen LogP contribution is -2.07. The molecule has 4 heteroatoms. The first kappa shape index (κ1) is 12.1. The number of nitrogens with one attached hydrogen (secondary N) is 1. The molecule has 90 valence electrons. The quantitative estimate of drug-likeness (QED) is 0.897. The molecule has 0 radical (unpaired) electrons. The van der Waals surface area contributed by atoms with Crippen molar-refractivity contribution in [3.8, 4) is 6.07 Å². The molecule has 0 bridgehead atoms. The molecular weight excluding hydrogens is 229 g/mol. The van der Waals surface area contributed by atoms with Gasteiger partial charge in [0.15, 0.2) is 0 Å². The third kappa shape index (κ3) is 2.83. The van der Waals surface area contributed by atoms with Crippen LogP contribution in [0.25, 0.3) is 0 Å². The summed E-state index contributed by atoms with van der Waals surface area (Å²) in [6, 6.07) is 11.8. The zero-order chi connectivity index (χ0) is 13.0. The lowest BCUT2D eigenvalue weighted by Gasteiger charge is -2.14. The molecule has 0 spiro atoms. The van der Waals surface area contributed by atoms with E-state index in [2.05, 4.69) is 10.3 Å². The number of anilines is 1. The van der Waals surface area contributed by atoms with Gasteiger partial charge in [-0.05, 0) is 36.8 Å². The lowest BCUT2D eigenvalue weighted by atomic mass is 10.1. The average molecular weight is 241 g/mol. The molecule has 0 fully saturated rings. The summed E-state index contributed by atoms with van der Waals surface area (Å²) in [7, 11) is 0. The van der Waals surface area contributed by atoms with E-state index in [0.29, 0.717) is 11.4 Å². The third-order valence-corrected chi connectivity index (χ3v) is 2.63. The van der Waals surface area contributed by atoms with Crippen LogP contribution < -0.4 is 5.32 Å². The van der Waals surface area contributed by atoms with Crippen molar-refractivity contribution in [1.82, 2.24) is 4.98 Å². The predicted octanol–water partition coefficient (Wildman–Crippen LogP) is 3.27. The van der Waals surface area contributed by atoms with Gasteiger partial charge in [0.25, 0.3) is 0 Å². The molecule has 0 saturated carbocycles. The van der Waals surface area contributed by atoms with Crippen LogP contribution in [0.2, 0.25) is 0 Å². The Bertz CT molecular complexity index is 555. The highest BCUT2D eigenvalue weighted by molar-refractivity contribution is 5.41. The van der Waals surface area contributed by atoms with Crippen LogP contribution in [-0.2, 0) is 0 Å². The minimum atomic E-state index is -0.248. The maximum Gasteiger partial charge on any atom is 0.126 e. The van der Waals surface area contributed by atoms with Gasteiger partial charge in [0.1, 0.15) is 17.7 Å². The SMILES string of the molecule is CC(Nc1ccc(C#N)cn1)c1ccc(F)cc1. The molecule has 0 aliphatic carbocycles. The Hall–Kier alpha value is -2.41. The molecule has 0 saturated heterocycles. The van der Waals surface area contributed by atoms with E-state index in [4.69, 9.17) is 5.26 Å². The van der Waals surface area contributed by atoms with Gasteiger partial charge in [0.05, 0.1) is 5.56 Å². The molecule has 1 N–H and O–H groups in total. The Labute approximate surface area is 105 Å². The molecular formula is C14H12FN3. The number of pyridine rings is 1. The lowest BCUT2D eigenvalue weighted by molar-refractivity contribution is 0.626. The van der Waals surface area contributed by atoms with Crippen LogP contribution in [0.5, 0.6) is 0 Å². The molecule has 2 aromatic rings. The third-order valence-electron chi connectivity index (χ3n) is 2.63. The zero-order valence-corrected chi connectivity index (χ0v) is 9.89. The molecule has 3 nitrogen and oxygen atoms in total. The van der Waals surface area contributed by atoms with Crippen LogP contribution in [0.1, 0.15) is 24.1 Å². The van der Waals surface area contributed by atoms with Gasteiger partial charge >= 0.3 is 0 Å². The van der Waals surface area contributed by atoms with Gasteiger partial charge in [-0.25, -0.2) is 9.37 Å². The highest BCUT2D eigenvalue weighted by atomic mass is 19.1. The van der Waals surface area contributed by atoms with Crippen molar-refractivity contribution in [2.45, 2.75) is 13.0 Å². The van der Waals surface area contributed by atoms with E-state index in [1.54, 1.807) is 24.3 Å². The number of hydrogen-bond donors (Lipinski definition) is 1. The Morgan fingerprint density at radius 2 is 1.94 bits per heavy atom. The molecule has 1 atom stereocenters. The monoisotopic (exact) mass is 241 g/mol. The normalized spacial score (nSPS) is 11.6. The predicted molar refractivity (Wildman–Crippen MR) is 67.4 cm³/mol. The summed E-state index contributed by atoms with van der Waals surface area (Å²) in [6.45, 7) is 1.97. The molecule has 2 rings (SSSR count). The minimum absolute atomic E-state index is 0.0195. The minimum Gasteiger partial charge on any atom is -0.364 e. The second-order valence-corrected chi connectivity index (χ2v) is 3.96. The van der Waals surface area contributed by atoms with Gasteiger partial charge in [0, 0.05) is 12.2 Å². The van der Waals surface area contributed by atoms with E-state index in [0.717, 1.165) is 5.56 Å². The fourth-order valence-electron chi connectivity index (χ4n) is 1.60. The van der Waals surface area contributed by atoms with E-state index < -0.39 is 0 Å². The number of halogens is 1.